The lowest BCUT2D eigenvalue weighted by Gasteiger charge is -2.22. The molecule has 0 fully saturated rings. The van der Waals surface area contributed by atoms with Crippen molar-refractivity contribution in [2.24, 2.45) is 4.99 Å². The molecule has 1 heterocycles. The second-order valence-electron chi connectivity index (χ2n) is 5.94. The van der Waals surface area contributed by atoms with Crippen molar-refractivity contribution in [1.82, 2.24) is 20.4 Å². The maximum absolute atomic E-state index is 5.76. The highest BCUT2D eigenvalue weighted by molar-refractivity contribution is 14.0. The fourth-order valence-corrected chi connectivity index (χ4v) is 2.47. The molecule has 1 aromatic heterocycles. The summed E-state index contributed by atoms with van der Waals surface area (Å²) in [7, 11) is 2.04. The van der Waals surface area contributed by atoms with Crippen LogP contribution in [0.2, 0.25) is 0 Å². The smallest absolute Gasteiger partial charge is 0.193 e. The molecule has 0 aliphatic carbocycles. The molecule has 0 atom stereocenters. The van der Waals surface area contributed by atoms with Crippen molar-refractivity contribution in [2.75, 3.05) is 33.3 Å². The zero-order valence-electron chi connectivity index (χ0n) is 15.9. The molecule has 26 heavy (non-hydrogen) atoms. The van der Waals surface area contributed by atoms with Crippen molar-refractivity contribution in [3.8, 4) is 5.75 Å². The summed E-state index contributed by atoms with van der Waals surface area (Å²) in [5.41, 5.74) is 2.41. The first-order valence-electron chi connectivity index (χ1n) is 8.87. The number of H-pyrrole nitrogens is 1. The first-order chi connectivity index (χ1) is 12.2. The third-order valence-corrected chi connectivity index (χ3v) is 3.94. The summed E-state index contributed by atoms with van der Waals surface area (Å²) in [6.07, 6.45) is 3.90. The van der Waals surface area contributed by atoms with Crippen molar-refractivity contribution < 1.29 is 4.74 Å². The fraction of sp³-hybridized carbons (Fsp3) is 0.474. The second kappa shape index (κ2) is 12.6. The minimum Gasteiger partial charge on any atom is -0.492 e. The monoisotopic (exact) mass is 471 g/mol. The fourth-order valence-electron chi connectivity index (χ4n) is 2.47. The number of benzene rings is 1. The third kappa shape index (κ3) is 7.63. The Hall–Kier alpha value is -1.77. The Bertz CT molecular complexity index is 644. The van der Waals surface area contributed by atoms with Gasteiger partial charge in [-0.2, -0.15) is 5.10 Å². The van der Waals surface area contributed by atoms with Gasteiger partial charge in [0.15, 0.2) is 5.96 Å². The normalized spacial score (nSPS) is 11.0. The van der Waals surface area contributed by atoms with E-state index in [0.717, 1.165) is 49.9 Å². The molecule has 0 spiro atoms. The zero-order chi connectivity index (χ0) is 17.9. The van der Waals surface area contributed by atoms with Crippen LogP contribution in [-0.4, -0.2) is 54.3 Å². The SMILES string of the molecule is CCNC(=NCCCc1cn[nH]c1C)N(C)CCOc1ccccc1.I. The molecular formula is C19H30IN5O. The molecule has 0 radical (unpaired) electrons. The molecule has 7 heteroatoms. The number of aryl methyl sites for hydroxylation is 2. The van der Waals surface area contributed by atoms with E-state index in [4.69, 9.17) is 9.73 Å². The van der Waals surface area contributed by atoms with Crippen LogP contribution in [0.1, 0.15) is 24.6 Å². The van der Waals surface area contributed by atoms with E-state index in [9.17, 15) is 0 Å². The Balaban J connectivity index is 0.00000338. The van der Waals surface area contributed by atoms with Crippen LogP contribution in [0.25, 0.3) is 0 Å². The van der Waals surface area contributed by atoms with Crippen molar-refractivity contribution >= 4 is 29.9 Å². The topological polar surface area (TPSA) is 65.5 Å². The lowest BCUT2D eigenvalue weighted by Crippen LogP contribution is -2.41. The van der Waals surface area contributed by atoms with E-state index in [-0.39, 0.29) is 24.0 Å². The van der Waals surface area contributed by atoms with Crippen molar-refractivity contribution in [2.45, 2.75) is 26.7 Å². The van der Waals surface area contributed by atoms with Gasteiger partial charge in [-0.1, -0.05) is 18.2 Å². The van der Waals surface area contributed by atoms with Crippen LogP contribution in [0.3, 0.4) is 0 Å². The zero-order valence-corrected chi connectivity index (χ0v) is 18.2. The number of nitrogens with one attached hydrogen (secondary N) is 2. The molecule has 0 saturated carbocycles. The Kier molecular flexibility index (Phi) is 10.8. The summed E-state index contributed by atoms with van der Waals surface area (Å²) >= 11 is 0. The van der Waals surface area contributed by atoms with Gasteiger partial charge in [0, 0.05) is 25.8 Å². The van der Waals surface area contributed by atoms with Crippen molar-refractivity contribution in [3.63, 3.8) is 0 Å². The summed E-state index contributed by atoms with van der Waals surface area (Å²) in [6.45, 7) is 7.18. The highest BCUT2D eigenvalue weighted by atomic mass is 127. The standard InChI is InChI=1S/C19H29N5O.HI/c1-4-20-19(21-12-8-9-17-15-22-23-16(17)2)24(3)13-14-25-18-10-6-5-7-11-18;/h5-7,10-11,15H,4,8-9,12-14H2,1-3H3,(H,20,21)(H,22,23);1H. The van der Waals surface area contributed by atoms with Gasteiger partial charge in [-0.3, -0.25) is 10.1 Å². The Morgan fingerprint density at radius 3 is 2.73 bits per heavy atom. The van der Waals surface area contributed by atoms with E-state index in [1.807, 2.05) is 43.6 Å². The van der Waals surface area contributed by atoms with Gasteiger partial charge in [0.1, 0.15) is 12.4 Å². The first-order valence-corrected chi connectivity index (χ1v) is 8.87. The summed E-state index contributed by atoms with van der Waals surface area (Å²) < 4.78 is 5.76. The Morgan fingerprint density at radius 2 is 2.08 bits per heavy atom. The van der Waals surface area contributed by atoms with E-state index < -0.39 is 0 Å². The minimum absolute atomic E-state index is 0. The number of hydrogen-bond donors (Lipinski definition) is 2. The average molecular weight is 471 g/mol. The van der Waals surface area contributed by atoms with Gasteiger partial charge in [0.25, 0.3) is 0 Å². The maximum atomic E-state index is 5.76. The molecule has 0 unspecified atom stereocenters. The lowest BCUT2D eigenvalue weighted by molar-refractivity contribution is 0.281. The van der Waals surface area contributed by atoms with Crippen molar-refractivity contribution in [3.05, 3.63) is 47.8 Å². The van der Waals surface area contributed by atoms with Crippen LogP contribution in [0.15, 0.2) is 41.5 Å². The van der Waals surface area contributed by atoms with Crippen molar-refractivity contribution in [1.29, 1.82) is 0 Å². The van der Waals surface area contributed by atoms with Crippen LogP contribution in [-0.2, 0) is 6.42 Å². The summed E-state index contributed by atoms with van der Waals surface area (Å²) in [5, 5.41) is 10.4. The van der Waals surface area contributed by atoms with Gasteiger partial charge < -0.3 is 15.0 Å². The largest absolute Gasteiger partial charge is 0.492 e. The molecule has 1 aromatic carbocycles. The highest BCUT2D eigenvalue weighted by Crippen LogP contribution is 2.08. The van der Waals surface area contributed by atoms with Crippen LogP contribution < -0.4 is 10.1 Å². The number of likely N-dealkylation sites (N-methyl/N-ethyl adjacent to an activating group) is 1. The minimum atomic E-state index is 0. The molecule has 0 aliphatic rings. The van der Waals surface area contributed by atoms with Gasteiger partial charge in [-0.15, -0.1) is 24.0 Å². The first kappa shape index (κ1) is 22.3. The van der Waals surface area contributed by atoms with Crippen LogP contribution in [0.5, 0.6) is 5.75 Å². The van der Waals surface area contributed by atoms with E-state index in [1.54, 1.807) is 0 Å². The molecule has 0 amide bonds. The van der Waals surface area contributed by atoms with Gasteiger partial charge >= 0.3 is 0 Å². The van der Waals surface area contributed by atoms with E-state index in [2.05, 4.69) is 34.3 Å². The molecule has 144 valence electrons. The summed E-state index contributed by atoms with van der Waals surface area (Å²) in [5.74, 6) is 1.82. The molecule has 2 rings (SSSR count). The number of rotatable bonds is 9. The predicted molar refractivity (Wildman–Crippen MR) is 118 cm³/mol. The van der Waals surface area contributed by atoms with Gasteiger partial charge in [0.2, 0.25) is 0 Å². The van der Waals surface area contributed by atoms with E-state index in [1.165, 1.54) is 5.56 Å². The second-order valence-corrected chi connectivity index (χ2v) is 5.94. The number of nitrogens with zero attached hydrogens (tertiary/aromatic N) is 3. The number of guanidine groups is 1. The lowest BCUT2D eigenvalue weighted by atomic mass is 10.1. The van der Waals surface area contributed by atoms with Gasteiger partial charge in [0.05, 0.1) is 12.7 Å². The third-order valence-electron chi connectivity index (χ3n) is 3.94. The molecule has 0 bridgehead atoms. The number of ether oxygens (including phenoxy) is 1. The average Bonchev–Trinajstić information content (AvgIpc) is 3.03. The summed E-state index contributed by atoms with van der Waals surface area (Å²) in [4.78, 5) is 6.82. The Morgan fingerprint density at radius 1 is 1.31 bits per heavy atom. The predicted octanol–water partition coefficient (Wildman–Crippen LogP) is 3.25. The van der Waals surface area contributed by atoms with Gasteiger partial charge in [-0.25, -0.2) is 0 Å². The molecule has 6 nitrogen and oxygen atoms in total. The number of aliphatic imine (C=N–C) groups is 1. The highest BCUT2D eigenvalue weighted by Gasteiger charge is 2.06. The molecule has 2 N–H and O–H groups in total. The number of hydrogen-bond acceptors (Lipinski definition) is 3. The van der Waals surface area contributed by atoms with E-state index in [0.29, 0.717) is 6.61 Å². The molecule has 0 aliphatic heterocycles. The Labute approximate surface area is 173 Å². The number of aromatic amines is 1. The molecule has 0 saturated heterocycles. The summed E-state index contributed by atoms with van der Waals surface area (Å²) in [6, 6.07) is 9.88. The van der Waals surface area contributed by atoms with Crippen LogP contribution in [0, 0.1) is 6.92 Å². The van der Waals surface area contributed by atoms with Crippen LogP contribution >= 0.6 is 24.0 Å². The number of halogens is 1. The molecule has 2 aromatic rings. The maximum Gasteiger partial charge on any atom is 0.193 e. The quantitative estimate of drug-likeness (QED) is 0.255. The van der Waals surface area contributed by atoms with Crippen LogP contribution in [0.4, 0.5) is 0 Å². The number of para-hydroxylation sites is 1. The number of aromatic nitrogens is 2. The van der Waals surface area contributed by atoms with Gasteiger partial charge in [-0.05, 0) is 44.4 Å². The molecular weight excluding hydrogens is 441 g/mol. The van der Waals surface area contributed by atoms with E-state index >= 15 is 0 Å².